The number of hydrogen-bond donors (Lipinski definition) is 1. The van der Waals surface area contributed by atoms with E-state index in [-0.39, 0.29) is 6.04 Å². The molecule has 0 saturated carbocycles. The lowest BCUT2D eigenvalue weighted by molar-refractivity contribution is 0.491. The van der Waals surface area contributed by atoms with Gasteiger partial charge in [-0.2, -0.15) is 0 Å². The Hall–Kier alpha value is -2.13. The van der Waals surface area contributed by atoms with E-state index in [4.69, 9.17) is 4.42 Å². The van der Waals surface area contributed by atoms with Gasteiger partial charge in [0.1, 0.15) is 11.3 Å². The van der Waals surface area contributed by atoms with Crippen LogP contribution in [0.5, 0.6) is 0 Å². The van der Waals surface area contributed by atoms with Crippen LogP contribution in [0.15, 0.2) is 47.1 Å². The van der Waals surface area contributed by atoms with Gasteiger partial charge in [-0.1, -0.05) is 17.7 Å². The fourth-order valence-corrected chi connectivity index (χ4v) is 2.53. The molecular weight excluding hydrogens is 248 g/mol. The smallest absolute Gasteiger partial charge is 0.134 e. The highest BCUT2D eigenvalue weighted by Crippen LogP contribution is 2.28. The minimum atomic E-state index is 0.0232. The molecule has 0 aliphatic heterocycles. The summed E-state index contributed by atoms with van der Waals surface area (Å²) in [6.07, 6.45) is 3.74. The predicted octanol–water partition coefficient (Wildman–Crippen LogP) is 3.75. The molecule has 3 heteroatoms. The van der Waals surface area contributed by atoms with Gasteiger partial charge in [-0.05, 0) is 50.2 Å². The highest BCUT2D eigenvalue weighted by atomic mass is 16.3. The molecule has 3 aromatic rings. The number of rotatable bonds is 3. The van der Waals surface area contributed by atoms with Crippen molar-refractivity contribution in [1.82, 2.24) is 10.3 Å². The number of nitrogens with zero attached hydrogens (tertiary/aromatic N) is 1. The Kier molecular flexibility index (Phi) is 3.28. The average Bonchev–Trinajstić information content (AvgIpc) is 2.82. The molecule has 0 amide bonds. The maximum atomic E-state index is 5.98. The molecule has 2 aromatic heterocycles. The summed E-state index contributed by atoms with van der Waals surface area (Å²) in [5.74, 6) is 0.917. The Bertz CT molecular complexity index is 746. The number of benzene rings is 1. The molecule has 1 aromatic carbocycles. The molecule has 2 heterocycles. The number of hydrogen-bond acceptors (Lipinski definition) is 3. The lowest BCUT2D eigenvalue weighted by Gasteiger charge is -2.13. The van der Waals surface area contributed by atoms with E-state index in [1.807, 2.05) is 32.4 Å². The first-order chi connectivity index (χ1) is 9.67. The van der Waals surface area contributed by atoms with E-state index in [0.717, 1.165) is 27.9 Å². The third-order valence-corrected chi connectivity index (χ3v) is 3.49. The third-order valence-electron chi connectivity index (χ3n) is 3.49. The van der Waals surface area contributed by atoms with Gasteiger partial charge in [-0.15, -0.1) is 0 Å². The Balaban J connectivity index is 2.07. The molecule has 1 unspecified atom stereocenters. The SMILES string of the molecule is CNC(c1cncc(C)c1)c1cc2cc(C)ccc2o1. The lowest BCUT2D eigenvalue weighted by Crippen LogP contribution is -2.17. The zero-order chi connectivity index (χ0) is 14.1. The van der Waals surface area contributed by atoms with Crippen molar-refractivity contribution < 1.29 is 4.42 Å². The summed E-state index contributed by atoms with van der Waals surface area (Å²) in [6, 6.07) is 10.5. The quantitative estimate of drug-likeness (QED) is 0.784. The van der Waals surface area contributed by atoms with Gasteiger partial charge in [0.25, 0.3) is 0 Å². The summed E-state index contributed by atoms with van der Waals surface area (Å²) >= 11 is 0. The largest absolute Gasteiger partial charge is 0.459 e. The van der Waals surface area contributed by atoms with Crippen molar-refractivity contribution in [2.24, 2.45) is 0 Å². The van der Waals surface area contributed by atoms with Crippen LogP contribution in [0.1, 0.15) is 28.5 Å². The molecule has 1 atom stereocenters. The predicted molar refractivity (Wildman–Crippen MR) is 80.8 cm³/mol. The summed E-state index contributed by atoms with van der Waals surface area (Å²) in [5, 5.41) is 4.44. The van der Waals surface area contributed by atoms with Crippen LogP contribution < -0.4 is 5.32 Å². The van der Waals surface area contributed by atoms with Crippen LogP contribution >= 0.6 is 0 Å². The molecule has 0 aliphatic carbocycles. The maximum Gasteiger partial charge on any atom is 0.134 e. The van der Waals surface area contributed by atoms with E-state index in [1.165, 1.54) is 5.56 Å². The van der Waals surface area contributed by atoms with Gasteiger partial charge >= 0.3 is 0 Å². The van der Waals surface area contributed by atoms with Gasteiger partial charge < -0.3 is 9.73 Å². The minimum Gasteiger partial charge on any atom is -0.459 e. The van der Waals surface area contributed by atoms with Gasteiger partial charge in [0.05, 0.1) is 6.04 Å². The van der Waals surface area contributed by atoms with E-state index in [0.29, 0.717) is 0 Å². The van der Waals surface area contributed by atoms with E-state index >= 15 is 0 Å². The Morgan fingerprint density at radius 3 is 2.65 bits per heavy atom. The van der Waals surface area contributed by atoms with Crippen molar-refractivity contribution in [2.75, 3.05) is 7.05 Å². The highest BCUT2D eigenvalue weighted by Gasteiger charge is 2.17. The van der Waals surface area contributed by atoms with Crippen molar-refractivity contribution in [3.8, 4) is 0 Å². The first-order valence-electron chi connectivity index (χ1n) is 6.76. The fourth-order valence-electron chi connectivity index (χ4n) is 2.53. The van der Waals surface area contributed by atoms with Crippen molar-refractivity contribution in [3.63, 3.8) is 0 Å². The van der Waals surface area contributed by atoms with Crippen molar-refractivity contribution in [2.45, 2.75) is 19.9 Å². The summed E-state index contributed by atoms with van der Waals surface area (Å²) in [7, 11) is 1.94. The molecule has 20 heavy (non-hydrogen) atoms. The van der Waals surface area contributed by atoms with Crippen LogP contribution in [0, 0.1) is 13.8 Å². The van der Waals surface area contributed by atoms with E-state index in [9.17, 15) is 0 Å². The van der Waals surface area contributed by atoms with Gasteiger partial charge in [0.15, 0.2) is 0 Å². The van der Waals surface area contributed by atoms with Crippen LogP contribution in [-0.4, -0.2) is 12.0 Å². The molecule has 0 spiro atoms. The van der Waals surface area contributed by atoms with Crippen LogP contribution in [0.2, 0.25) is 0 Å². The second kappa shape index (κ2) is 5.10. The molecule has 0 radical (unpaired) electrons. The average molecular weight is 266 g/mol. The zero-order valence-electron chi connectivity index (χ0n) is 12.0. The summed E-state index contributed by atoms with van der Waals surface area (Å²) in [5.41, 5.74) is 4.42. The first kappa shape index (κ1) is 12.9. The third kappa shape index (κ3) is 2.32. The van der Waals surface area contributed by atoms with Crippen molar-refractivity contribution in [1.29, 1.82) is 0 Å². The second-order valence-electron chi connectivity index (χ2n) is 5.21. The second-order valence-corrected chi connectivity index (χ2v) is 5.21. The molecule has 1 N–H and O–H groups in total. The van der Waals surface area contributed by atoms with Crippen molar-refractivity contribution in [3.05, 3.63) is 65.2 Å². The molecule has 0 bridgehead atoms. The zero-order valence-corrected chi connectivity index (χ0v) is 12.0. The molecular formula is C17H18N2O. The van der Waals surface area contributed by atoms with Gasteiger partial charge in [0, 0.05) is 17.8 Å². The molecule has 3 rings (SSSR count). The van der Waals surface area contributed by atoms with E-state index < -0.39 is 0 Å². The van der Waals surface area contributed by atoms with Gasteiger partial charge in [-0.25, -0.2) is 0 Å². The lowest BCUT2D eigenvalue weighted by atomic mass is 10.0. The summed E-state index contributed by atoms with van der Waals surface area (Å²) in [6.45, 7) is 4.14. The van der Waals surface area contributed by atoms with Gasteiger partial charge in [0.2, 0.25) is 0 Å². The Morgan fingerprint density at radius 2 is 1.90 bits per heavy atom. The first-order valence-corrected chi connectivity index (χ1v) is 6.76. The van der Waals surface area contributed by atoms with E-state index in [2.05, 4.69) is 41.5 Å². The number of nitrogens with one attached hydrogen (secondary N) is 1. The molecule has 102 valence electrons. The van der Waals surface area contributed by atoms with Crippen LogP contribution in [0.25, 0.3) is 11.0 Å². The monoisotopic (exact) mass is 266 g/mol. The molecule has 0 saturated heterocycles. The van der Waals surface area contributed by atoms with Crippen molar-refractivity contribution >= 4 is 11.0 Å². The molecule has 0 aliphatic rings. The Labute approximate surface area is 118 Å². The number of aromatic nitrogens is 1. The van der Waals surface area contributed by atoms with Crippen LogP contribution in [-0.2, 0) is 0 Å². The number of aryl methyl sites for hydroxylation is 2. The number of pyridine rings is 1. The number of furan rings is 1. The standard InChI is InChI=1S/C17H18N2O/c1-11-4-5-15-13(6-11)8-16(20-15)17(18-3)14-7-12(2)9-19-10-14/h4-10,17-18H,1-3H3. The number of fused-ring (bicyclic) bond motifs is 1. The Morgan fingerprint density at radius 1 is 1.05 bits per heavy atom. The summed E-state index contributed by atoms with van der Waals surface area (Å²) in [4.78, 5) is 4.26. The molecule has 3 nitrogen and oxygen atoms in total. The minimum absolute atomic E-state index is 0.0232. The maximum absolute atomic E-state index is 5.98. The van der Waals surface area contributed by atoms with Crippen LogP contribution in [0.4, 0.5) is 0 Å². The summed E-state index contributed by atoms with van der Waals surface area (Å²) < 4.78 is 5.98. The van der Waals surface area contributed by atoms with Crippen LogP contribution in [0.3, 0.4) is 0 Å². The normalized spacial score (nSPS) is 12.8. The highest BCUT2D eigenvalue weighted by molar-refractivity contribution is 5.78. The van der Waals surface area contributed by atoms with E-state index in [1.54, 1.807) is 0 Å². The fraction of sp³-hybridized carbons (Fsp3) is 0.235. The molecule has 0 fully saturated rings. The van der Waals surface area contributed by atoms with Gasteiger partial charge in [-0.3, -0.25) is 4.98 Å². The topological polar surface area (TPSA) is 38.1 Å².